The largest absolute Gasteiger partial charge is 0.491 e. The zero-order chi connectivity index (χ0) is 13.6. The fraction of sp³-hybridized carbons (Fsp3) is 0.533. The standard InChI is InChI=1S/C15H22N2O/c1-5-17-13(10-16)11-18-14-8-6-7-12(9-14)15(2,3)4/h6-9,13,17H,5,11H2,1-4H3. The van der Waals surface area contributed by atoms with Gasteiger partial charge in [0.05, 0.1) is 6.07 Å². The minimum Gasteiger partial charge on any atom is -0.491 e. The van der Waals surface area contributed by atoms with E-state index in [0.717, 1.165) is 12.3 Å². The Hall–Kier alpha value is -1.53. The SMILES string of the molecule is CCNC(C#N)COc1cccc(C(C)(C)C)c1. The maximum absolute atomic E-state index is 8.93. The first-order valence-corrected chi connectivity index (χ1v) is 6.33. The van der Waals surface area contributed by atoms with Crippen LogP contribution >= 0.6 is 0 Å². The monoisotopic (exact) mass is 246 g/mol. The molecule has 0 aliphatic heterocycles. The summed E-state index contributed by atoms with van der Waals surface area (Å²) in [7, 11) is 0. The molecule has 1 aromatic carbocycles. The van der Waals surface area contributed by atoms with Crippen LogP contribution in [0.4, 0.5) is 0 Å². The Morgan fingerprint density at radius 1 is 1.39 bits per heavy atom. The van der Waals surface area contributed by atoms with Crippen LogP contribution in [0.25, 0.3) is 0 Å². The van der Waals surface area contributed by atoms with Crippen molar-refractivity contribution in [3.05, 3.63) is 29.8 Å². The van der Waals surface area contributed by atoms with Crippen molar-refractivity contribution < 1.29 is 4.74 Å². The van der Waals surface area contributed by atoms with E-state index in [9.17, 15) is 0 Å². The fourth-order valence-corrected chi connectivity index (χ4v) is 1.62. The van der Waals surface area contributed by atoms with Crippen LogP contribution in [-0.2, 0) is 5.41 Å². The second kappa shape index (κ2) is 6.42. The van der Waals surface area contributed by atoms with Crippen molar-refractivity contribution in [1.82, 2.24) is 5.32 Å². The van der Waals surface area contributed by atoms with Crippen molar-refractivity contribution in [3.8, 4) is 11.8 Å². The molecule has 1 atom stereocenters. The van der Waals surface area contributed by atoms with Gasteiger partial charge in [-0.25, -0.2) is 0 Å². The van der Waals surface area contributed by atoms with Gasteiger partial charge in [0.1, 0.15) is 18.4 Å². The second-order valence-corrected chi connectivity index (χ2v) is 5.33. The second-order valence-electron chi connectivity index (χ2n) is 5.33. The number of hydrogen-bond donors (Lipinski definition) is 1. The van der Waals surface area contributed by atoms with Crippen molar-refractivity contribution in [2.45, 2.75) is 39.2 Å². The van der Waals surface area contributed by atoms with Crippen LogP contribution in [-0.4, -0.2) is 19.2 Å². The van der Waals surface area contributed by atoms with E-state index in [1.807, 2.05) is 25.1 Å². The molecule has 3 heteroatoms. The number of rotatable bonds is 5. The summed E-state index contributed by atoms with van der Waals surface area (Å²) in [6.07, 6.45) is 0. The summed E-state index contributed by atoms with van der Waals surface area (Å²) in [5.41, 5.74) is 1.34. The summed E-state index contributed by atoms with van der Waals surface area (Å²) in [6, 6.07) is 9.98. The Bertz CT molecular complexity index is 415. The van der Waals surface area contributed by atoms with Gasteiger partial charge in [0, 0.05) is 0 Å². The summed E-state index contributed by atoms with van der Waals surface area (Å²) < 4.78 is 5.66. The molecule has 0 amide bonds. The van der Waals surface area contributed by atoms with Gasteiger partial charge in [0.15, 0.2) is 0 Å². The van der Waals surface area contributed by atoms with E-state index in [4.69, 9.17) is 10.00 Å². The molecule has 0 aliphatic rings. The quantitative estimate of drug-likeness (QED) is 0.869. The number of nitrogens with zero attached hydrogens (tertiary/aromatic N) is 1. The van der Waals surface area contributed by atoms with Gasteiger partial charge in [-0.05, 0) is 29.7 Å². The first-order valence-electron chi connectivity index (χ1n) is 6.33. The van der Waals surface area contributed by atoms with E-state index in [-0.39, 0.29) is 11.5 Å². The van der Waals surface area contributed by atoms with Crippen molar-refractivity contribution >= 4 is 0 Å². The number of hydrogen-bond acceptors (Lipinski definition) is 3. The van der Waals surface area contributed by atoms with Gasteiger partial charge in [-0.2, -0.15) is 5.26 Å². The molecule has 1 rings (SSSR count). The third-order valence-electron chi connectivity index (χ3n) is 2.72. The minimum atomic E-state index is -0.256. The van der Waals surface area contributed by atoms with Crippen LogP contribution < -0.4 is 10.1 Å². The number of likely N-dealkylation sites (N-methyl/N-ethyl adjacent to an activating group) is 1. The first kappa shape index (κ1) is 14.5. The smallest absolute Gasteiger partial charge is 0.130 e. The summed E-state index contributed by atoms with van der Waals surface area (Å²) in [4.78, 5) is 0. The summed E-state index contributed by atoms with van der Waals surface area (Å²) in [6.45, 7) is 9.63. The summed E-state index contributed by atoms with van der Waals surface area (Å²) in [5.74, 6) is 0.820. The molecule has 0 heterocycles. The number of benzene rings is 1. The Kier molecular flexibility index (Phi) is 5.18. The van der Waals surface area contributed by atoms with E-state index < -0.39 is 0 Å². The molecule has 1 N–H and O–H groups in total. The van der Waals surface area contributed by atoms with Gasteiger partial charge in [0.25, 0.3) is 0 Å². The molecule has 18 heavy (non-hydrogen) atoms. The predicted octanol–water partition coefficient (Wildman–Crippen LogP) is 2.86. The fourth-order valence-electron chi connectivity index (χ4n) is 1.62. The molecule has 0 bridgehead atoms. The maximum atomic E-state index is 8.93. The van der Waals surface area contributed by atoms with Crippen molar-refractivity contribution in [2.75, 3.05) is 13.2 Å². The summed E-state index contributed by atoms with van der Waals surface area (Å²) in [5, 5.41) is 12.0. The average molecular weight is 246 g/mol. The molecular weight excluding hydrogens is 224 g/mol. The van der Waals surface area contributed by atoms with Gasteiger partial charge >= 0.3 is 0 Å². The Labute approximate surface area is 110 Å². The third kappa shape index (κ3) is 4.38. The Morgan fingerprint density at radius 3 is 2.67 bits per heavy atom. The lowest BCUT2D eigenvalue weighted by atomic mass is 9.87. The van der Waals surface area contributed by atoms with Gasteiger partial charge in [-0.1, -0.05) is 39.8 Å². The highest BCUT2D eigenvalue weighted by Gasteiger charge is 2.14. The molecule has 0 saturated heterocycles. The van der Waals surface area contributed by atoms with E-state index in [2.05, 4.69) is 38.2 Å². The molecule has 0 aromatic heterocycles. The maximum Gasteiger partial charge on any atom is 0.130 e. The molecule has 0 saturated carbocycles. The molecule has 0 radical (unpaired) electrons. The zero-order valence-corrected chi connectivity index (χ0v) is 11.7. The lowest BCUT2D eigenvalue weighted by Gasteiger charge is -2.20. The van der Waals surface area contributed by atoms with Gasteiger partial charge in [-0.3, -0.25) is 5.32 Å². The molecule has 0 aliphatic carbocycles. The highest BCUT2D eigenvalue weighted by atomic mass is 16.5. The van der Waals surface area contributed by atoms with E-state index >= 15 is 0 Å². The lowest BCUT2D eigenvalue weighted by Crippen LogP contribution is -2.33. The van der Waals surface area contributed by atoms with Gasteiger partial charge in [0.2, 0.25) is 0 Å². The Morgan fingerprint density at radius 2 is 2.11 bits per heavy atom. The number of nitriles is 1. The highest BCUT2D eigenvalue weighted by molar-refractivity contribution is 5.32. The molecular formula is C15H22N2O. The van der Waals surface area contributed by atoms with E-state index in [1.54, 1.807) is 0 Å². The minimum absolute atomic E-state index is 0.107. The van der Waals surface area contributed by atoms with Crippen LogP contribution in [0.15, 0.2) is 24.3 Å². The number of ether oxygens (including phenoxy) is 1. The van der Waals surface area contributed by atoms with Crippen molar-refractivity contribution in [1.29, 1.82) is 5.26 Å². The molecule has 1 unspecified atom stereocenters. The first-order chi connectivity index (χ1) is 8.47. The third-order valence-corrected chi connectivity index (χ3v) is 2.72. The zero-order valence-electron chi connectivity index (χ0n) is 11.7. The predicted molar refractivity (Wildman–Crippen MR) is 73.7 cm³/mol. The van der Waals surface area contributed by atoms with E-state index in [0.29, 0.717) is 6.61 Å². The van der Waals surface area contributed by atoms with Crippen LogP contribution in [0.3, 0.4) is 0 Å². The van der Waals surface area contributed by atoms with Crippen molar-refractivity contribution in [3.63, 3.8) is 0 Å². The molecule has 98 valence electrons. The van der Waals surface area contributed by atoms with E-state index in [1.165, 1.54) is 5.56 Å². The Balaban J connectivity index is 2.66. The van der Waals surface area contributed by atoms with Crippen molar-refractivity contribution in [2.24, 2.45) is 0 Å². The van der Waals surface area contributed by atoms with Gasteiger partial charge < -0.3 is 4.74 Å². The van der Waals surface area contributed by atoms with Crippen LogP contribution in [0.2, 0.25) is 0 Å². The molecule has 3 nitrogen and oxygen atoms in total. The normalized spacial score (nSPS) is 12.8. The van der Waals surface area contributed by atoms with Gasteiger partial charge in [-0.15, -0.1) is 0 Å². The molecule has 1 aromatic rings. The van der Waals surface area contributed by atoms with Crippen LogP contribution in [0, 0.1) is 11.3 Å². The molecule has 0 spiro atoms. The summed E-state index contributed by atoms with van der Waals surface area (Å²) >= 11 is 0. The highest BCUT2D eigenvalue weighted by Crippen LogP contribution is 2.25. The van der Waals surface area contributed by atoms with Crippen LogP contribution in [0.5, 0.6) is 5.75 Å². The van der Waals surface area contributed by atoms with Crippen LogP contribution in [0.1, 0.15) is 33.3 Å². The number of nitrogens with one attached hydrogen (secondary N) is 1. The molecule has 0 fully saturated rings. The topological polar surface area (TPSA) is 45.0 Å². The average Bonchev–Trinajstić information content (AvgIpc) is 2.34. The lowest BCUT2D eigenvalue weighted by molar-refractivity contribution is 0.290.